The van der Waals surface area contributed by atoms with Crippen LogP contribution >= 0.6 is 0 Å². The molecule has 2 aromatic carbocycles. The molecule has 0 radical (unpaired) electrons. The highest BCUT2D eigenvalue weighted by Gasteiger charge is 2.15. The quantitative estimate of drug-likeness (QED) is 0.913. The van der Waals surface area contributed by atoms with E-state index in [2.05, 4.69) is 37.4 Å². The van der Waals surface area contributed by atoms with E-state index < -0.39 is 0 Å². The second-order valence-electron chi connectivity index (χ2n) is 5.66. The third-order valence-electron chi connectivity index (χ3n) is 3.85. The van der Waals surface area contributed by atoms with Crippen molar-refractivity contribution in [2.24, 2.45) is 0 Å². The molecule has 0 bridgehead atoms. The maximum absolute atomic E-state index is 12.5. The fourth-order valence-electron chi connectivity index (χ4n) is 2.61. The van der Waals surface area contributed by atoms with E-state index >= 15 is 0 Å². The molecule has 0 fully saturated rings. The highest BCUT2D eigenvalue weighted by atomic mass is 16.5. The molecule has 2 aromatic rings. The molecular weight excluding hydrogens is 290 g/mol. The molecule has 0 aliphatic rings. The van der Waals surface area contributed by atoms with Gasteiger partial charge in [0, 0.05) is 11.6 Å². The molecule has 4 heteroatoms. The number of carbonyl (C=O) groups excluding carboxylic acids is 1. The zero-order valence-corrected chi connectivity index (χ0v) is 14.3. The monoisotopic (exact) mass is 313 g/mol. The normalized spacial score (nSPS) is 11.7. The van der Waals surface area contributed by atoms with Crippen molar-refractivity contribution in [3.8, 4) is 11.5 Å². The summed E-state index contributed by atoms with van der Waals surface area (Å²) in [5.74, 6) is 1.03. The average Bonchev–Trinajstić information content (AvgIpc) is 2.53. The Kier molecular flexibility index (Phi) is 5.27. The van der Waals surface area contributed by atoms with Crippen LogP contribution in [0.15, 0.2) is 36.4 Å². The lowest BCUT2D eigenvalue weighted by molar-refractivity contribution is 0.0939. The summed E-state index contributed by atoms with van der Waals surface area (Å²) in [6.45, 7) is 6.09. The topological polar surface area (TPSA) is 47.6 Å². The minimum Gasteiger partial charge on any atom is -0.497 e. The zero-order chi connectivity index (χ0) is 17.0. The summed E-state index contributed by atoms with van der Waals surface area (Å²) in [5.41, 5.74) is 4.00. The molecule has 1 N–H and O–H groups in total. The Morgan fingerprint density at radius 3 is 2.13 bits per heavy atom. The molecule has 1 atom stereocenters. The Balaban J connectivity index is 2.21. The lowest BCUT2D eigenvalue weighted by Crippen LogP contribution is -2.27. The van der Waals surface area contributed by atoms with Crippen LogP contribution in [-0.4, -0.2) is 20.1 Å². The van der Waals surface area contributed by atoms with Crippen molar-refractivity contribution in [1.82, 2.24) is 5.32 Å². The van der Waals surface area contributed by atoms with Crippen LogP contribution in [0.5, 0.6) is 11.5 Å². The first kappa shape index (κ1) is 16.9. The van der Waals surface area contributed by atoms with Gasteiger partial charge in [0.1, 0.15) is 11.5 Å². The minimum absolute atomic E-state index is 0.0831. The third kappa shape index (κ3) is 4.03. The van der Waals surface area contributed by atoms with E-state index in [1.165, 1.54) is 11.1 Å². The Morgan fingerprint density at radius 1 is 1.00 bits per heavy atom. The van der Waals surface area contributed by atoms with Crippen LogP contribution in [0.25, 0.3) is 0 Å². The van der Waals surface area contributed by atoms with Crippen molar-refractivity contribution >= 4 is 5.91 Å². The number of amides is 1. The molecule has 1 amide bonds. The number of nitrogens with one attached hydrogen (secondary N) is 1. The van der Waals surface area contributed by atoms with Crippen molar-refractivity contribution in [2.45, 2.75) is 26.8 Å². The number of methoxy groups -OCH3 is 2. The summed E-state index contributed by atoms with van der Waals surface area (Å²) >= 11 is 0. The highest BCUT2D eigenvalue weighted by molar-refractivity contribution is 5.95. The van der Waals surface area contributed by atoms with Crippen molar-refractivity contribution in [3.05, 3.63) is 58.7 Å². The number of aryl methyl sites for hydroxylation is 2. The standard InChI is InChI=1S/C19H23NO3/c1-12-6-7-18(13(2)8-12)14(3)20-19(21)15-9-16(22-4)11-17(10-15)23-5/h6-11,14H,1-5H3,(H,20,21)/t14-/m0/s1. The van der Waals surface area contributed by atoms with Crippen molar-refractivity contribution in [1.29, 1.82) is 0 Å². The van der Waals surface area contributed by atoms with Gasteiger partial charge >= 0.3 is 0 Å². The van der Waals surface area contributed by atoms with Crippen LogP contribution in [0.3, 0.4) is 0 Å². The third-order valence-corrected chi connectivity index (χ3v) is 3.85. The number of carbonyl (C=O) groups is 1. The molecule has 0 unspecified atom stereocenters. The molecule has 2 rings (SSSR count). The summed E-state index contributed by atoms with van der Waals surface area (Å²) < 4.78 is 10.4. The van der Waals surface area contributed by atoms with Gasteiger partial charge in [0.2, 0.25) is 0 Å². The van der Waals surface area contributed by atoms with Gasteiger partial charge in [0.15, 0.2) is 0 Å². The van der Waals surface area contributed by atoms with Gasteiger partial charge in [-0.2, -0.15) is 0 Å². The molecule has 0 heterocycles. The van der Waals surface area contributed by atoms with Crippen LogP contribution in [-0.2, 0) is 0 Å². The Labute approximate surface area is 137 Å². The number of hydrogen-bond acceptors (Lipinski definition) is 3. The van der Waals surface area contributed by atoms with E-state index in [1.807, 2.05) is 6.92 Å². The van der Waals surface area contributed by atoms with Gasteiger partial charge in [0.25, 0.3) is 5.91 Å². The lowest BCUT2D eigenvalue weighted by atomic mass is 10.00. The summed E-state index contributed by atoms with van der Waals surface area (Å²) in [7, 11) is 3.13. The largest absolute Gasteiger partial charge is 0.497 e. The second kappa shape index (κ2) is 7.18. The second-order valence-corrected chi connectivity index (χ2v) is 5.66. The molecule has 0 saturated carbocycles. The molecule has 0 aliphatic carbocycles. The van der Waals surface area contributed by atoms with Gasteiger partial charge in [-0.05, 0) is 44.0 Å². The minimum atomic E-state index is -0.158. The van der Waals surface area contributed by atoms with Gasteiger partial charge in [0.05, 0.1) is 20.3 Å². The number of hydrogen-bond donors (Lipinski definition) is 1. The number of rotatable bonds is 5. The predicted octanol–water partition coefficient (Wildman–Crippen LogP) is 3.81. The Hall–Kier alpha value is -2.49. The average molecular weight is 313 g/mol. The molecule has 23 heavy (non-hydrogen) atoms. The van der Waals surface area contributed by atoms with E-state index in [0.29, 0.717) is 17.1 Å². The summed E-state index contributed by atoms with van der Waals surface area (Å²) in [6.07, 6.45) is 0. The van der Waals surface area contributed by atoms with Crippen LogP contribution < -0.4 is 14.8 Å². The summed E-state index contributed by atoms with van der Waals surface area (Å²) in [5, 5.41) is 3.03. The van der Waals surface area contributed by atoms with Crippen molar-refractivity contribution < 1.29 is 14.3 Å². The summed E-state index contributed by atoms with van der Waals surface area (Å²) in [4.78, 5) is 12.5. The van der Waals surface area contributed by atoms with E-state index in [0.717, 1.165) is 5.56 Å². The van der Waals surface area contributed by atoms with E-state index in [4.69, 9.17) is 9.47 Å². The van der Waals surface area contributed by atoms with Crippen molar-refractivity contribution in [3.63, 3.8) is 0 Å². The first-order valence-corrected chi connectivity index (χ1v) is 7.55. The molecule has 0 aromatic heterocycles. The molecule has 0 spiro atoms. The molecular formula is C19H23NO3. The van der Waals surface area contributed by atoms with E-state index in [9.17, 15) is 4.79 Å². The predicted molar refractivity (Wildman–Crippen MR) is 91.3 cm³/mol. The molecule has 0 aliphatic heterocycles. The SMILES string of the molecule is COc1cc(OC)cc(C(=O)N[C@@H](C)c2ccc(C)cc2C)c1. The highest BCUT2D eigenvalue weighted by Crippen LogP contribution is 2.24. The first-order chi connectivity index (χ1) is 10.9. The fourth-order valence-corrected chi connectivity index (χ4v) is 2.61. The van der Waals surface area contributed by atoms with Crippen LogP contribution in [0.4, 0.5) is 0 Å². The maximum atomic E-state index is 12.5. The maximum Gasteiger partial charge on any atom is 0.252 e. The van der Waals surface area contributed by atoms with Crippen LogP contribution in [0, 0.1) is 13.8 Å². The molecule has 0 saturated heterocycles. The number of ether oxygens (including phenoxy) is 2. The smallest absolute Gasteiger partial charge is 0.252 e. The zero-order valence-electron chi connectivity index (χ0n) is 14.3. The van der Waals surface area contributed by atoms with Gasteiger partial charge in [-0.15, -0.1) is 0 Å². The lowest BCUT2D eigenvalue weighted by Gasteiger charge is -2.17. The van der Waals surface area contributed by atoms with Gasteiger partial charge in [-0.25, -0.2) is 0 Å². The first-order valence-electron chi connectivity index (χ1n) is 7.55. The summed E-state index contributed by atoms with van der Waals surface area (Å²) in [6, 6.07) is 11.3. The number of benzene rings is 2. The van der Waals surface area contributed by atoms with Crippen LogP contribution in [0.2, 0.25) is 0 Å². The molecule has 122 valence electrons. The Bertz CT molecular complexity index is 688. The molecule has 4 nitrogen and oxygen atoms in total. The van der Waals surface area contributed by atoms with Gasteiger partial charge in [-0.3, -0.25) is 4.79 Å². The van der Waals surface area contributed by atoms with E-state index in [-0.39, 0.29) is 11.9 Å². The van der Waals surface area contributed by atoms with Gasteiger partial charge < -0.3 is 14.8 Å². The van der Waals surface area contributed by atoms with Gasteiger partial charge in [-0.1, -0.05) is 23.8 Å². The van der Waals surface area contributed by atoms with Crippen molar-refractivity contribution in [2.75, 3.05) is 14.2 Å². The van der Waals surface area contributed by atoms with Crippen LogP contribution in [0.1, 0.15) is 40.0 Å². The fraction of sp³-hybridized carbons (Fsp3) is 0.316. The van der Waals surface area contributed by atoms with E-state index in [1.54, 1.807) is 32.4 Å². The Morgan fingerprint density at radius 2 is 1.61 bits per heavy atom.